The molecule has 12 heteroatoms. The van der Waals surface area contributed by atoms with Crippen LogP contribution in [-0.2, 0) is 11.0 Å². The Balaban J connectivity index is 1.39. The Morgan fingerprint density at radius 1 is 1.12 bits per heavy atom. The molecule has 0 radical (unpaired) electrons. The first-order chi connectivity index (χ1) is 19.6. The third kappa shape index (κ3) is 5.89. The lowest BCUT2D eigenvalue weighted by Crippen LogP contribution is -2.34. The summed E-state index contributed by atoms with van der Waals surface area (Å²) in [4.78, 5) is 37.4. The second-order valence-corrected chi connectivity index (χ2v) is 9.32. The van der Waals surface area contributed by atoms with Crippen LogP contribution in [0.1, 0.15) is 47.9 Å². The molecule has 2 amide bonds. The van der Waals surface area contributed by atoms with Crippen molar-refractivity contribution >= 4 is 34.5 Å². The van der Waals surface area contributed by atoms with Gasteiger partial charge in [-0.2, -0.15) is 13.2 Å². The van der Waals surface area contributed by atoms with Crippen LogP contribution in [0.15, 0.2) is 61.1 Å². The van der Waals surface area contributed by atoms with Crippen LogP contribution in [0.2, 0.25) is 0 Å². The Hall–Kier alpha value is -5.18. The van der Waals surface area contributed by atoms with E-state index in [9.17, 15) is 22.8 Å². The van der Waals surface area contributed by atoms with Crippen LogP contribution in [0.3, 0.4) is 0 Å². The second kappa shape index (κ2) is 11.1. The number of alkyl halides is 3. The standard InChI is InChI=1S/C29H24F3N7O2/c1-2-3-23(40)36-21-10-8-18(9-11-21)27-38-24(25-26(33)35-14-15-39(25)27)17-4-6-19(7-5-17)28(41)37-22-16-20(12-13-34-22)29(30,31)32/h4-8,12-16,21H,9-11H2,1H3,(H2,33,35)(H,36,40)(H,34,37,41). The van der Waals surface area contributed by atoms with Gasteiger partial charge in [-0.15, -0.1) is 0 Å². The van der Waals surface area contributed by atoms with E-state index in [1.165, 1.54) is 0 Å². The van der Waals surface area contributed by atoms with Crippen molar-refractivity contribution in [3.63, 3.8) is 0 Å². The Morgan fingerprint density at radius 3 is 2.59 bits per heavy atom. The number of aromatic nitrogens is 4. The molecular formula is C29H24F3N7O2. The van der Waals surface area contributed by atoms with E-state index in [4.69, 9.17) is 10.7 Å². The summed E-state index contributed by atoms with van der Waals surface area (Å²) in [5, 5.41) is 5.30. The lowest BCUT2D eigenvalue weighted by atomic mass is 9.94. The van der Waals surface area contributed by atoms with Crippen molar-refractivity contribution in [3.8, 4) is 23.1 Å². The lowest BCUT2D eigenvalue weighted by molar-refractivity contribution is -0.137. The fourth-order valence-corrected chi connectivity index (χ4v) is 4.64. The summed E-state index contributed by atoms with van der Waals surface area (Å²) in [6, 6.07) is 8.04. The third-order valence-electron chi connectivity index (χ3n) is 6.60. The summed E-state index contributed by atoms with van der Waals surface area (Å²) in [5.74, 6) is 4.93. The summed E-state index contributed by atoms with van der Waals surface area (Å²) in [6.45, 7) is 1.61. The molecular weight excluding hydrogens is 535 g/mol. The molecule has 41 heavy (non-hydrogen) atoms. The van der Waals surface area contributed by atoms with E-state index in [1.54, 1.807) is 43.6 Å². The molecule has 0 spiro atoms. The van der Waals surface area contributed by atoms with Gasteiger partial charge in [0, 0.05) is 35.8 Å². The van der Waals surface area contributed by atoms with Crippen molar-refractivity contribution < 1.29 is 22.8 Å². The smallest absolute Gasteiger partial charge is 0.382 e. The zero-order valence-corrected chi connectivity index (χ0v) is 21.8. The van der Waals surface area contributed by atoms with E-state index in [0.29, 0.717) is 35.4 Å². The fraction of sp³-hybridized carbons (Fsp3) is 0.207. The van der Waals surface area contributed by atoms with Crippen LogP contribution in [0.5, 0.6) is 0 Å². The quantitative estimate of drug-likeness (QED) is 0.304. The number of hydrogen-bond acceptors (Lipinski definition) is 6. The second-order valence-electron chi connectivity index (χ2n) is 9.32. The highest BCUT2D eigenvalue weighted by molar-refractivity contribution is 6.04. The number of nitrogens with zero attached hydrogens (tertiary/aromatic N) is 4. The van der Waals surface area contributed by atoms with Crippen LogP contribution in [0.4, 0.5) is 24.8 Å². The molecule has 4 N–H and O–H groups in total. The zero-order chi connectivity index (χ0) is 29.1. The van der Waals surface area contributed by atoms with Crippen LogP contribution >= 0.6 is 0 Å². The van der Waals surface area contributed by atoms with E-state index in [2.05, 4.69) is 32.4 Å². The van der Waals surface area contributed by atoms with Gasteiger partial charge in [0.05, 0.1) is 5.56 Å². The van der Waals surface area contributed by atoms with Gasteiger partial charge in [-0.25, -0.2) is 15.0 Å². The number of benzene rings is 1. The highest BCUT2D eigenvalue weighted by Crippen LogP contribution is 2.34. The Bertz CT molecular complexity index is 1730. The van der Waals surface area contributed by atoms with E-state index in [0.717, 1.165) is 30.3 Å². The summed E-state index contributed by atoms with van der Waals surface area (Å²) in [5.41, 5.74) is 8.38. The first-order valence-electron chi connectivity index (χ1n) is 12.6. The molecule has 0 saturated heterocycles. The predicted octanol–water partition coefficient (Wildman–Crippen LogP) is 4.72. The number of carbonyl (C=O) groups excluding carboxylic acids is 2. The number of anilines is 2. The third-order valence-corrected chi connectivity index (χ3v) is 6.60. The van der Waals surface area contributed by atoms with E-state index in [-0.39, 0.29) is 29.1 Å². The topological polar surface area (TPSA) is 127 Å². The monoisotopic (exact) mass is 559 g/mol. The lowest BCUT2D eigenvalue weighted by Gasteiger charge is -2.21. The number of hydrogen-bond donors (Lipinski definition) is 3. The number of rotatable bonds is 5. The number of carbonyl (C=O) groups is 2. The molecule has 9 nitrogen and oxygen atoms in total. The number of nitrogen functional groups attached to an aromatic ring is 1. The molecule has 3 heterocycles. The van der Waals surface area contributed by atoms with E-state index >= 15 is 0 Å². The van der Waals surface area contributed by atoms with Gasteiger partial charge in [0.2, 0.25) is 0 Å². The van der Waals surface area contributed by atoms with Gasteiger partial charge < -0.3 is 16.4 Å². The normalized spacial score (nSPS) is 15.0. The summed E-state index contributed by atoms with van der Waals surface area (Å²) >= 11 is 0. The van der Waals surface area contributed by atoms with Crippen molar-refractivity contribution in [2.75, 3.05) is 11.1 Å². The molecule has 0 aliphatic heterocycles. The average molecular weight is 560 g/mol. The molecule has 5 rings (SSSR count). The molecule has 1 aliphatic rings. The molecule has 1 atom stereocenters. The van der Waals surface area contributed by atoms with Crippen LogP contribution in [0.25, 0.3) is 22.3 Å². The highest BCUT2D eigenvalue weighted by atomic mass is 19.4. The van der Waals surface area contributed by atoms with E-state index < -0.39 is 17.6 Å². The molecule has 0 saturated carbocycles. The Labute approximate surface area is 232 Å². The van der Waals surface area contributed by atoms with Gasteiger partial charge in [-0.3, -0.25) is 14.0 Å². The molecule has 1 unspecified atom stereocenters. The zero-order valence-electron chi connectivity index (χ0n) is 21.8. The van der Waals surface area contributed by atoms with Crippen LogP contribution in [-0.4, -0.2) is 37.2 Å². The maximum atomic E-state index is 13.0. The Kier molecular flexibility index (Phi) is 7.43. The summed E-state index contributed by atoms with van der Waals surface area (Å²) in [6.07, 6.45) is 3.85. The molecule has 208 valence electrons. The number of fused-ring (bicyclic) bond motifs is 1. The number of nitrogens with two attached hydrogens (primary N) is 1. The highest BCUT2D eigenvalue weighted by Gasteiger charge is 2.31. The molecule has 4 aromatic rings. The number of allylic oxidation sites excluding steroid dienone is 1. The average Bonchev–Trinajstić information content (AvgIpc) is 3.34. The number of imidazole rings is 1. The van der Waals surface area contributed by atoms with Crippen LogP contribution in [0, 0.1) is 11.8 Å². The van der Waals surface area contributed by atoms with Gasteiger partial charge in [0.25, 0.3) is 11.8 Å². The van der Waals surface area contributed by atoms with Crippen molar-refractivity contribution in [2.24, 2.45) is 0 Å². The van der Waals surface area contributed by atoms with Gasteiger partial charge in [0.1, 0.15) is 28.7 Å². The first kappa shape index (κ1) is 27.4. The SMILES string of the molecule is CC#CC(=O)NC1CC=C(c2nc(-c3ccc(C(=O)Nc4cc(C(F)(F)F)ccn4)cc3)c3c(N)nccn23)CC1. The minimum atomic E-state index is -4.55. The summed E-state index contributed by atoms with van der Waals surface area (Å²) in [7, 11) is 0. The van der Waals surface area contributed by atoms with Gasteiger partial charge in [-0.05, 0) is 61.9 Å². The molecule has 3 aromatic heterocycles. The maximum absolute atomic E-state index is 13.0. The summed E-state index contributed by atoms with van der Waals surface area (Å²) < 4.78 is 40.9. The molecule has 1 aliphatic carbocycles. The maximum Gasteiger partial charge on any atom is 0.416 e. The van der Waals surface area contributed by atoms with Crippen molar-refractivity contribution in [3.05, 3.63) is 78.0 Å². The molecule has 0 bridgehead atoms. The fourth-order valence-electron chi connectivity index (χ4n) is 4.64. The van der Waals surface area contributed by atoms with Crippen molar-refractivity contribution in [2.45, 2.75) is 38.4 Å². The van der Waals surface area contributed by atoms with Gasteiger partial charge >= 0.3 is 6.18 Å². The van der Waals surface area contributed by atoms with E-state index in [1.807, 2.05) is 10.5 Å². The molecule has 1 aromatic carbocycles. The van der Waals surface area contributed by atoms with Crippen molar-refractivity contribution in [1.82, 2.24) is 24.7 Å². The van der Waals surface area contributed by atoms with Gasteiger partial charge in [0.15, 0.2) is 0 Å². The Morgan fingerprint density at radius 2 is 1.90 bits per heavy atom. The first-order valence-corrected chi connectivity index (χ1v) is 12.6. The predicted molar refractivity (Wildman–Crippen MR) is 147 cm³/mol. The van der Waals surface area contributed by atoms with Crippen LogP contribution < -0.4 is 16.4 Å². The number of halogens is 3. The largest absolute Gasteiger partial charge is 0.416 e. The van der Waals surface area contributed by atoms with Gasteiger partial charge in [-0.1, -0.05) is 24.1 Å². The number of amides is 2. The molecule has 0 fully saturated rings. The number of nitrogens with one attached hydrogen (secondary N) is 2. The minimum absolute atomic E-state index is 0.0191. The number of pyridine rings is 1. The minimum Gasteiger partial charge on any atom is -0.382 e. The van der Waals surface area contributed by atoms with Crippen molar-refractivity contribution in [1.29, 1.82) is 0 Å².